The number of fused-ring (bicyclic) bond motifs is 1. The Kier molecular flexibility index (Phi) is 5.92. The number of nitrogens with zero attached hydrogens (tertiary/aromatic N) is 3. The number of halogens is 1. The van der Waals surface area contributed by atoms with E-state index in [1.54, 1.807) is 28.0 Å². The van der Waals surface area contributed by atoms with E-state index in [2.05, 4.69) is 41.5 Å². The van der Waals surface area contributed by atoms with Crippen LogP contribution in [0, 0.1) is 0 Å². The fourth-order valence-corrected chi connectivity index (χ4v) is 4.91. The van der Waals surface area contributed by atoms with Crippen molar-refractivity contribution in [1.29, 1.82) is 0 Å². The quantitative estimate of drug-likeness (QED) is 0.410. The van der Waals surface area contributed by atoms with E-state index in [-0.39, 0.29) is 5.56 Å². The molecule has 4 aromatic rings. The summed E-state index contributed by atoms with van der Waals surface area (Å²) in [5, 5.41) is 4.73. The van der Waals surface area contributed by atoms with Crippen molar-refractivity contribution in [2.75, 3.05) is 0 Å². The average Bonchev–Trinajstić information content (AvgIpc) is 3.35. The second kappa shape index (κ2) is 8.57. The van der Waals surface area contributed by atoms with Crippen LogP contribution in [0.3, 0.4) is 0 Å². The lowest BCUT2D eigenvalue weighted by Crippen LogP contribution is -2.34. The Morgan fingerprint density at radius 2 is 1.96 bits per heavy atom. The molecule has 0 aliphatic rings. The third-order valence-electron chi connectivity index (χ3n) is 4.72. The van der Waals surface area contributed by atoms with Gasteiger partial charge in [0.1, 0.15) is 0 Å². The minimum absolute atomic E-state index is 0.0291. The van der Waals surface area contributed by atoms with Crippen molar-refractivity contribution in [2.45, 2.75) is 32.5 Å². The van der Waals surface area contributed by atoms with Crippen LogP contribution in [0.2, 0.25) is 5.02 Å². The SMILES string of the molecule is C[C@H](Cc1cccs1)N(Cc1ccc(Cl)cc1)Cc1cc(=O)n2ccsc2n1. The van der Waals surface area contributed by atoms with Crippen LogP contribution in [0.1, 0.15) is 23.1 Å². The lowest BCUT2D eigenvalue weighted by molar-refractivity contribution is 0.188. The molecule has 0 aliphatic heterocycles. The minimum Gasteiger partial charge on any atom is -0.290 e. The highest BCUT2D eigenvalue weighted by molar-refractivity contribution is 7.15. The summed E-state index contributed by atoms with van der Waals surface area (Å²) >= 11 is 9.30. The summed E-state index contributed by atoms with van der Waals surface area (Å²) in [5.41, 5.74) is 1.97. The molecule has 1 aromatic carbocycles. The zero-order valence-electron chi connectivity index (χ0n) is 15.4. The molecule has 4 nitrogen and oxygen atoms in total. The highest BCUT2D eigenvalue weighted by atomic mass is 35.5. The molecule has 0 unspecified atom stereocenters. The van der Waals surface area contributed by atoms with Crippen molar-refractivity contribution >= 4 is 39.2 Å². The molecule has 7 heteroatoms. The van der Waals surface area contributed by atoms with Crippen molar-refractivity contribution < 1.29 is 0 Å². The van der Waals surface area contributed by atoms with Gasteiger partial charge in [-0.25, -0.2) is 4.98 Å². The van der Waals surface area contributed by atoms with Crippen molar-refractivity contribution in [1.82, 2.24) is 14.3 Å². The molecule has 0 aliphatic carbocycles. The normalized spacial score (nSPS) is 12.7. The highest BCUT2D eigenvalue weighted by Crippen LogP contribution is 2.20. The minimum atomic E-state index is -0.0291. The fourth-order valence-electron chi connectivity index (χ4n) is 3.22. The molecule has 0 bridgehead atoms. The van der Waals surface area contributed by atoms with Gasteiger partial charge in [0, 0.05) is 46.7 Å². The molecular formula is C21H20ClN3OS2. The predicted molar refractivity (Wildman–Crippen MR) is 118 cm³/mol. The molecule has 144 valence electrons. The number of thiophene rings is 1. The average molecular weight is 430 g/mol. The van der Waals surface area contributed by atoms with Crippen LogP contribution in [0.25, 0.3) is 4.96 Å². The molecule has 0 fully saturated rings. The van der Waals surface area contributed by atoms with Gasteiger partial charge >= 0.3 is 0 Å². The Morgan fingerprint density at radius 1 is 1.14 bits per heavy atom. The molecule has 4 rings (SSSR count). The third-order valence-corrected chi connectivity index (χ3v) is 6.63. The number of thiazole rings is 1. The Balaban J connectivity index is 1.60. The fraction of sp³-hybridized carbons (Fsp3) is 0.238. The smallest absolute Gasteiger partial charge is 0.258 e. The molecule has 0 spiro atoms. The Morgan fingerprint density at radius 3 is 2.71 bits per heavy atom. The lowest BCUT2D eigenvalue weighted by atomic mass is 10.1. The van der Waals surface area contributed by atoms with Gasteiger partial charge in [-0.15, -0.1) is 22.7 Å². The Hall–Kier alpha value is -1.99. The predicted octanol–water partition coefficient (Wildman–Crippen LogP) is 5.10. The van der Waals surface area contributed by atoms with Gasteiger partial charge in [0.25, 0.3) is 5.56 Å². The van der Waals surface area contributed by atoms with E-state index in [4.69, 9.17) is 16.6 Å². The summed E-state index contributed by atoms with van der Waals surface area (Å²) in [5.74, 6) is 0. The zero-order chi connectivity index (χ0) is 19.5. The number of hydrogen-bond acceptors (Lipinski definition) is 5. The highest BCUT2D eigenvalue weighted by Gasteiger charge is 2.18. The van der Waals surface area contributed by atoms with Gasteiger partial charge in [-0.2, -0.15) is 0 Å². The molecule has 3 aromatic heterocycles. The van der Waals surface area contributed by atoms with E-state index in [0.717, 1.165) is 28.6 Å². The first-order valence-electron chi connectivity index (χ1n) is 9.05. The van der Waals surface area contributed by atoms with Crippen LogP contribution in [0.15, 0.2) is 64.2 Å². The second-order valence-electron chi connectivity index (χ2n) is 6.81. The van der Waals surface area contributed by atoms with Gasteiger partial charge in [0.15, 0.2) is 4.96 Å². The molecule has 0 amide bonds. The third kappa shape index (κ3) is 4.52. The Bertz CT molecular complexity index is 1100. The first kappa shape index (κ1) is 19.3. The summed E-state index contributed by atoms with van der Waals surface area (Å²) in [4.78, 5) is 21.5. The van der Waals surface area contributed by atoms with Crippen molar-refractivity contribution in [3.05, 3.63) is 90.9 Å². The van der Waals surface area contributed by atoms with Gasteiger partial charge < -0.3 is 0 Å². The van der Waals surface area contributed by atoms with Crippen LogP contribution in [-0.2, 0) is 19.5 Å². The monoisotopic (exact) mass is 429 g/mol. The number of benzene rings is 1. The van der Waals surface area contributed by atoms with Gasteiger partial charge in [-0.1, -0.05) is 29.8 Å². The van der Waals surface area contributed by atoms with E-state index in [9.17, 15) is 4.79 Å². The van der Waals surface area contributed by atoms with E-state index in [1.807, 2.05) is 17.5 Å². The van der Waals surface area contributed by atoms with Crippen LogP contribution >= 0.6 is 34.3 Å². The summed E-state index contributed by atoms with van der Waals surface area (Å²) in [6.45, 7) is 3.63. The molecule has 28 heavy (non-hydrogen) atoms. The molecule has 0 saturated heterocycles. The summed E-state index contributed by atoms with van der Waals surface area (Å²) < 4.78 is 1.59. The van der Waals surface area contributed by atoms with Crippen LogP contribution in [-0.4, -0.2) is 20.3 Å². The number of rotatable bonds is 7. The summed E-state index contributed by atoms with van der Waals surface area (Å²) in [7, 11) is 0. The molecule has 3 heterocycles. The van der Waals surface area contributed by atoms with E-state index < -0.39 is 0 Å². The summed E-state index contributed by atoms with van der Waals surface area (Å²) in [6, 6.07) is 14.1. The van der Waals surface area contributed by atoms with Crippen molar-refractivity contribution in [3.8, 4) is 0 Å². The summed E-state index contributed by atoms with van der Waals surface area (Å²) in [6.07, 6.45) is 2.73. The molecule has 0 saturated carbocycles. The van der Waals surface area contributed by atoms with E-state index >= 15 is 0 Å². The largest absolute Gasteiger partial charge is 0.290 e. The number of hydrogen-bond donors (Lipinski definition) is 0. The van der Waals surface area contributed by atoms with Crippen LogP contribution in [0.4, 0.5) is 0 Å². The maximum Gasteiger partial charge on any atom is 0.258 e. The van der Waals surface area contributed by atoms with Crippen LogP contribution in [0.5, 0.6) is 0 Å². The topological polar surface area (TPSA) is 37.6 Å². The second-order valence-corrected chi connectivity index (χ2v) is 9.15. The first-order valence-corrected chi connectivity index (χ1v) is 11.2. The van der Waals surface area contributed by atoms with Gasteiger partial charge in [0.05, 0.1) is 5.69 Å². The van der Waals surface area contributed by atoms with Crippen molar-refractivity contribution in [3.63, 3.8) is 0 Å². The zero-order valence-corrected chi connectivity index (χ0v) is 17.8. The van der Waals surface area contributed by atoms with Gasteiger partial charge in [-0.05, 0) is 42.5 Å². The van der Waals surface area contributed by atoms with Crippen LogP contribution < -0.4 is 5.56 Å². The van der Waals surface area contributed by atoms with Gasteiger partial charge in [0.2, 0.25) is 0 Å². The molecule has 1 atom stereocenters. The maximum absolute atomic E-state index is 12.4. The first-order chi connectivity index (χ1) is 13.6. The molecular weight excluding hydrogens is 410 g/mol. The molecule has 0 N–H and O–H groups in total. The lowest BCUT2D eigenvalue weighted by Gasteiger charge is -2.29. The maximum atomic E-state index is 12.4. The van der Waals surface area contributed by atoms with E-state index in [0.29, 0.717) is 12.6 Å². The van der Waals surface area contributed by atoms with E-state index in [1.165, 1.54) is 21.8 Å². The standard InChI is InChI=1S/C21H20ClN3OS2/c1-15(11-19-3-2-9-27-19)24(13-16-4-6-17(22)7-5-16)14-18-12-20(26)25-8-10-28-21(25)23-18/h2-10,12,15H,11,13-14H2,1H3/t15-/m1/s1. The molecule has 0 radical (unpaired) electrons. The van der Waals surface area contributed by atoms with Gasteiger partial charge in [-0.3, -0.25) is 14.1 Å². The van der Waals surface area contributed by atoms with Crippen molar-refractivity contribution in [2.24, 2.45) is 0 Å². The number of aromatic nitrogens is 2. The Labute approximate surface area is 176 Å².